The number of carbonyl (C=O) groups is 1. The predicted molar refractivity (Wildman–Crippen MR) is 105 cm³/mol. The number of nitrogens with zero attached hydrogens (tertiary/aromatic N) is 2. The first-order chi connectivity index (χ1) is 13.1. The van der Waals surface area contributed by atoms with Crippen molar-refractivity contribution in [1.29, 1.82) is 0 Å². The van der Waals surface area contributed by atoms with Gasteiger partial charge in [0.15, 0.2) is 0 Å². The number of aromatic nitrogens is 1. The van der Waals surface area contributed by atoms with Gasteiger partial charge in [-0.3, -0.25) is 9.78 Å². The van der Waals surface area contributed by atoms with E-state index < -0.39 is 5.60 Å². The standard InChI is InChI=1S/C22H27N3O2/c1-16-6-7-20(24-14-16)22(27)9-12-25(13-10-22)21(26)19-5-3-2-4-18(19)17-8-11-23-15-17/h2-7,14,17,23,27H,8-13,15H2,1H3/t17-/m0/s1. The summed E-state index contributed by atoms with van der Waals surface area (Å²) in [6, 6.07) is 11.9. The molecule has 1 atom stereocenters. The second-order valence-electron chi connectivity index (χ2n) is 7.82. The molecule has 0 saturated carbocycles. The number of pyridine rings is 1. The Morgan fingerprint density at radius 3 is 2.67 bits per heavy atom. The molecule has 0 aliphatic carbocycles. The zero-order valence-electron chi connectivity index (χ0n) is 15.8. The highest BCUT2D eigenvalue weighted by molar-refractivity contribution is 5.96. The van der Waals surface area contributed by atoms with E-state index in [1.165, 1.54) is 0 Å². The second kappa shape index (κ2) is 7.41. The Bertz CT molecular complexity index is 805. The topological polar surface area (TPSA) is 65.5 Å². The molecule has 2 aromatic rings. The van der Waals surface area contributed by atoms with Crippen molar-refractivity contribution in [3.63, 3.8) is 0 Å². The molecular weight excluding hydrogens is 338 g/mol. The van der Waals surface area contributed by atoms with Gasteiger partial charge in [-0.15, -0.1) is 0 Å². The fourth-order valence-electron chi connectivity index (χ4n) is 4.22. The molecule has 1 aromatic heterocycles. The molecule has 0 radical (unpaired) electrons. The van der Waals surface area contributed by atoms with E-state index >= 15 is 0 Å². The fourth-order valence-corrected chi connectivity index (χ4v) is 4.22. The summed E-state index contributed by atoms with van der Waals surface area (Å²) in [4.78, 5) is 19.5. The Hall–Kier alpha value is -2.24. The highest BCUT2D eigenvalue weighted by atomic mass is 16.3. The smallest absolute Gasteiger partial charge is 0.254 e. The Labute approximate surface area is 160 Å². The summed E-state index contributed by atoms with van der Waals surface area (Å²) in [5.41, 5.74) is 2.79. The summed E-state index contributed by atoms with van der Waals surface area (Å²) < 4.78 is 0. The molecule has 2 saturated heterocycles. The Balaban J connectivity index is 1.48. The minimum Gasteiger partial charge on any atom is -0.383 e. The number of hydrogen-bond acceptors (Lipinski definition) is 4. The van der Waals surface area contributed by atoms with Crippen LogP contribution in [0.3, 0.4) is 0 Å². The van der Waals surface area contributed by atoms with Gasteiger partial charge < -0.3 is 15.3 Å². The molecule has 2 N–H and O–H groups in total. The average molecular weight is 365 g/mol. The summed E-state index contributed by atoms with van der Waals surface area (Å²) in [7, 11) is 0. The van der Waals surface area contributed by atoms with Crippen LogP contribution in [-0.2, 0) is 5.60 Å². The first-order valence-electron chi connectivity index (χ1n) is 9.81. The Morgan fingerprint density at radius 1 is 1.22 bits per heavy atom. The third-order valence-corrected chi connectivity index (χ3v) is 5.96. The molecule has 0 bridgehead atoms. The maximum absolute atomic E-state index is 13.2. The quantitative estimate of drug-likeness (QED) is 0.877. The third-order valence-electron chi connectivity index (χ3n) is 5.96. The fraction of sp³-hybridized carbons (Fsp3) is 0.455. The highest BCUT2D eigenvalue weighted by Gasteiger charge is 2.37. The number of nitrogens with one attached hydrogen (secondary N) is 1. The SMILES string of the molecule is Cc1ccc(C2(O)CCN(C(=O)c3ccccc3[C@H]3CCNC3)CC2)nc1. The number of hydrogen-bond donors (Lipinski definition) is 2. The van der Waals surface area contributed by atoms with Crippen molar-refractivity contribution in [2.45, 2.75) is 37.7 Å². The summed E-state index contributed by atoms with van der Waals surface area (Å²) in [5.74, 6) is 0.486. The van der Waals surface area contributed by atoms with E-state index in [0.29, 0.717) is 37.5 Å². The van der Waals surface area contributed by atoms with Gasteiger partial charge in [0.2, 0.25) is 0 Å². The zero-order valence-corrected chi connectivity index (χ0v) is 15.8. The molecule has 2 aliphatic rings. The van der Waals surface area contributed by atoms with E-state index in [-0.39, 0.29) is 5.91 Å². The lowest BCUT2D eigenvalue weighted by Crippen LogP contribution is -2.45. The predicted octanol–water partition coefficient (Wildman–Crippen LogP) is 2.59. The maximum atomic E-state index is 13.2. The van der Waals surface area contributed by atoms with Gasteiger partial charge in [0.05, 0.1) is 5.69 Å². The largest absolute Gasteiger partial charge is 0.383 e. The molecule has 5 nitrogen and oxygen atoms in total. The lowest BCUT2D eigenvalue weighted by atomic mass is 9.86. The maximum Gasteiger partial charge on any atom is 0.254 e. The lowest BCUT2D eigenvalue weighted by molar-refractivity contribution is -0.0244. The zero-order chi connectivity index (χ0) is 18.9. The first kappa shape index (κ1) is 18.1. The Morgan fingerprint density at radius 2 is 2.00 bits per heavy atom. The van der Waals surface area contributed by atoms with E-state index in [1.807, 2.05) is 42.2 Å². The number of rotatable bonds is 3. The molecule has 4 rings (SSSR count). The van der Waals surface area contributed by atoms with Gasteiger partial charge in [-0.1, -0.05) is 24.3 Å². The normalized spacial score (nSPS) is 22.0. The van der Waals surface area contributed by atoms with Crippen molar-refractivity contribution in [3.05, 3.63) is 65.0 Å². The van der Waals surface area contributed by atoms with Crippen molar-refractivity contribution in [2.75, 3.05) is 26.2 Å². The van der Waals surface area contributed by atoms with Gasteiger partial charge in [-0.05, 0) is 61.9 Å². The number of amides is 1. The van der Waals surface area contributed by atoms with Crippen LogP contribution in [-0.4, -0.2) is 47.1 Å². The second-order valence-corrected chi connectivity index (χ2v) is 7.82. The van der Waals surface area contributed by atoms with Crippen LogP contribution in [0.1, 0.15) is 52.4 Å². The van der Waals surface area contributed by atoms with Crippen LogP contribution in [0.15, 0.2) is 42.6 Å². The van der Waals surface area contributed by atoms with Gasteiger partial charge >= 0.3 is 0 Å². The molecule has 0 spiro atoms. The van der Waals surface area contributed by atoms with Crippen LogP contribution in [0.5, 0.6) is 0 Å². The van der Waals surface area contributed by atoms with Crippen molar-refractivity contribution < 1.29 is 9.90 Å². The van der Waals surface area contributed by atoms with Gasteiger partial charge in [0.25, 0.3) is 5.91 Å². The van der Waals surface area contributed by atoms with E-state index in [4.69, 9.17) is 0 Å². The molecule has 5 heteroatoms. The van der Waals surface area contributed by atoms with Gasteiger partial charge in [-0.25, -0.2) is 0 Å². The van der Waals surface area contributed by atoms with E-state index in [1.54, 1.807) is 6.20 Å². The molecule has 2 fully saturated rings. The summed E-state index contributed by atoms with van der Waals surface area (Å²) >= 11 is 0. The number of likely N-dealkylation sites (tertiary alicyclic amines) is 1. The van der Waals surface area contributed by atoms with Crippen LogP contribution >= 0.6 is 0 Å². The summed E-state index contributed by atoms with van der Waals surface area (Å²) in [6.45, 7) is 5.01. The van der Waals surface area contributed by atoms with Crippen molar-refractivity contribution in [2.24, 2.45) is 0 Å². The first-order valence-corrected chi connectivity index (χ1v) is 9.81. The molecule has 0 unspecified atom stereocenters. The van der Waals surface area contributed by atoms with Crippen molar-refractivity contribution >= 4 is 5.91 Å². The average Bonchev–Trinajstić information content (AvgIpc) is 3.23. The van der Waals surface area contributed by atoms with E-state index in [0.717, 1.165) is 36.2 Å². The van der Waals surface area contributed by atoms with Gasteiger partial charge in [0, 0.05) is 31.4 Å². The molecular formula is C22H27N3O2. The van der Waals surface area contributed by atoms with E-state index in [2.05, 4.69) is 16.4 Å². The van der Waals surface area contributed by atoms with Crippen LogP contribution in [0.25, 0.3) is 0 Å². The number of benzene rings is 1. The third kappa shape index (κ3) is 3.62. The van der Waals surface area contributed by atoms with Crippen LogP contribution in [0.2, 0.25) is 0 Å². The molecule has 27 heavy (non-hydrogen) atoms. The molecule has 1 aromatic carbocycles. The molecule has 1 amide bonds. The monoisotopic (exact) mass is 365 g/mol. The van der Waals surface area contributed by atoms with Crippen molar-refractivity contribution in [1.82, 2.24) is 15.2 Å². The van der Waals surface area contributed by atoms with Gasteiger partial charge in [-0.2, -0.15) is 0 Å². The molecule has 142 valence electrons. The van der Waals surface area contributed by atoms with Crippen molar-refractivity contribution in [3.8, 4) is 0 Å². The molecule has 2 aliphatic heterocycles. The lowest BCUT2D eigenvalue weighted by Gasteiger charge is -2.38. The van der Waals surface area contributed by atoms with E-state index in [9.17, 15) is 9.90 Å². The number of aryl methyl sites for hydroxylation is 1. The number of aliphatic hydroxyl groups is 1. The number of carbonyl (C=O) groups excluding carboxylic acids is 1. The highest BCUT2D eigenvalue weighted by Crippen LogP contribution is 2.33. The summed E-state index contributed by atoms with van der Waals surface area (Å²) in [6.07, 6.45) is 3.89. The minimum atomic E-state index is -0.945. The summed E-state index contributed by atoms with van der Waals surface area (Å²) in [5, 5.41) is 14.4. The Kier molecular flexibility index (Phi) is 4.98. The van der Waals surface area contributed by atoms with Gasteiger partial charge in [0.1, 0.15) is 5.60 Å². The van der Waals surface area contributed by atoms with Crippen LogP contribution < -0.4 is 5.32 Å². The number of piperidine rings is 1. The molecule has 3 heterocycles. The minimum absolute atomic E-state index is 0.0800. The van der Waals surface area contributed by atoms with Crippen LogP contribution in [0.4, 0.5) is 0 Å². The van der Waals surface area contributed by atoms with Crippen LogP contribution in [0, 0.1) is 6.92 Å².